The molecule has 1 unspecified atom stereocenters. The van der Waals surface area contributed by atoms with Gasteiger partial charge < -0.3 is 5.32 Å². The maximum absolute atomic E-state index is 12.8. The Labute approximate surface area is 120 Å². The Morgan fingerprint density at radius 1 is 1.20 bits per heavy atom. The van der Waals surface area contributed by atoms with E-state index in [1.54, 1.807) is 8.61 Å². The highest BCUT2D eigenvalue weighted by Crippen LogP contribution is 2.23. The van der Waals surface area contributed by atoms with Gasteiger partial charge >= 0.3 is 0 Å². The van der Waals surface area contributed by atoms with Gasteiger partial charge in [0.15, 0.2) is 0 Å². The summed E-state index contributed by atoms with van der Waals surface area (Å²) in [7, 11) is -3.35. The molecule has 0 saturated carbocycles. The lowest BCUT2D eigenvalue weighted by Gasteiger charge is -2.38. The summed E-state index contributed by atoms with van der Waals surface area (Å²) >= 11 is 0. The first-order valence-electron chi connectivity index (χ1n) is 7.13. The van der Waals surface area contributed by atoms with Crippen LogP contribution in [0.1, 0.15) is 18.1 Å². The molecule has 1 fully saturated rings. The third-order valence-corrected chi connectivity index (χ3v) is 6.26. The Hall–Kier alpha value is -0.950. The quantitative estimate of drug-likeness (QED) is 0.868. The van der Waals surface area contributed by atoms with E-state index in [1.807, 2.05) is 25.1 Å². The van der Waals surface area contributed by atoms with E-state index in [9.17, 15) is 8.42 Å². The van der Waals surface area contributed by atoms with E-state index in [1.165, 1.54) is 5.56 Å². The number of nitrogens with one attached hydrogen (secondary N) is 1. The molecular weight excluding hydrogens is 274 g/mol. The second-order valence-corrected chi connectivity index (χ2v) is 7.40. The minimum absolute atomic E-state index is 0.0194. The van der Waals surface area contributed by atoms with Gasteiger partial charge in [-0.25, -0.2) is 0 Å². The van der Waals surface area contributed by atoms with Crippen LogP contribution in [-0.2, 0) is 23.2 Å². The predicted molar refractivity (Wildman–Crippen MR) is 78.5 cm³/mol. The molecule has 2 aliphatic heterocycles. The number of rotatable bonds is 2. The molecule has 1 N–H and O–H groups in total. The van der Waals surface area contributed by atoms with Gasteiger partial charge in [-0.3, -0.25) is 0 Å². The summed E-state index contributed by atoms with van der Waals surface area (Å²) in [6.07, 6.45) is 0.801. The highest BCUT2D eigenvalue weighted by molar-refractivity contribution is 7.86. The van der Waals surface area contributed by atoms with Crippen molar-refractivity contribution in [2.45, 2.75) is 25.9 Å². The Balaban J connectivity index is 1.82. The molecule has 0 bridgehead atoms. The molecule has 1 atom stereocenters. The average Bonchev–Trinajstić information content (AvgIpc) is 2.47. The number of benzene rings is 1. The molecule has 0 radical (unpaired) electrons. The van der Waals surface area contributed by atoms with E-state index in [0.29, 0.717) is 19.6 Å². The van der Waals surface area contributed by atoms with Gasteiger partial charge in [-0.2, -0.15) is 17.0 Å². The topological polar surface area (TPSA) is 52.7 Å². The van der Waals surface area contributed by atoms with Crippen LogP contribution in [0.2, 0.25) is 0 Å². The lowest BCUT2D eigenvalue weighted by Crippen LogP contribution is -2.56. The Morgan fingerprint density at radius 3 is 2.70 bits per heavy atom. The summed E-state index contributed by atoms with van der Waals surface area (Å²) < 4.78 is 28.8. The van der Waals surface area contributed by atoms with E-state index < -0.39 is 10.2 Å². The minimum atomic E-state index is -3.35. The van der Waals surface area contributed by atoms with Crippen LogP contribution in [0, 0.1) is 0 Å². The van der Waals surface area contributed by atoms with E-state index in [2.05, 4.69) is 11.4 Å². The molecule has 0 spiro atoms. The Kier molecular flexibility index (Phi) is 3.81. The fourth-order valence-corrected chi connectivity index (χ4v) is 4.75. The zero-order valence-electron chi connectivity index (χ0n) is 11.7. The van der Waals surface area contributed by atoms with Crippen LogP contribution >= 0.6 is 0 Å². The zero-order valence-corrected chi connectivity index (χ0v) is 12.6. The molecule has 1 saturated heterocycles. The Bertz CT molecular complexity index is 588. The highest BCUT2D eigenvalue weighted by Gasteiger charge is 2.35. The molecule has 0 aromatic heterocycles. The van der Waals surface area contributed by atoms with Crippen molar-refractivity contribution >= 4 is 10.2 Å². The molecule has 2 aliphatic rings. The number of hydrogen-bond donors (Lipinski definition) is 1. The average molecular weight is 295 g/mol. The van der Waals surface area contributed by atoms with Gasteiger partial charge in [0, 0.05) is 38.8 Å². The van der Waals surface area contributed by atoms with Crippen LogP contribution < -0.4 is 5.32 Å². The lowest BCUT2D eigenvalue weighted by molar-refractivity contribution is 0.252. The van der Waals surface area contributed by atoms with Crippen LogP contribution in [0.4, 0.5) is 0 Å². The summed E-state index contributed by atoms with van der Waals surface area (Å²) in [6, 6.07) is 8.13. The molecule has 0 amide bonds. The van der Waals surface area contributed by atoms with Crippen LogP contribution in [0.15, 0.2) is 24.3 Å². The van der Waals surface area contributed by atoms with Gasteiger partial charge in [-0.1, -0.05) is 24.3 Å². The SMILES string of the molecule is CC1CNCCN1S(=O)(=O)N1CCc2ccccc2C1. The first-order chi connectivity index (χ1) is 9.59. The van der Waals surface area contributed by atoms with E-state index in [0.717, 1.165) is 25.1 Å². The van der Waals surface area contributed by atoms with Crippen LogP contribution in [0.3, 0.4) is 0 Å². The number of piperazine rings is 1. The summed E-state index contributed by atoms with van der Waals surface area (Å²) in [6.45, 7) is 5.05. The van der Waals surface area contributed by atoms with Crippen molar-refractivity contribution in [2.75, 3.05) is 26.2 Å². The predicted octanol–water partition coefficient (Wildman–Crippen LogP) is 0.583. The van der Waals surface area contributed by atoms with Crippen LogP contribution in [-0.4, -0.2) is 49.2 Å². The zero-order chi connectivity index (χ0) is 14.2. The van der Waals surface area contributed by atoms with E-state index >= 15 is 0 Å². The van der Waals surface area contributed by atoms with Crippen LogP contribution in [0.5, 0.6) is 0 Å². The van der Waals surface area contributed by atoms with E-state index in [-0.39, 0.29) is 6.04 Å². The molecule has 3 rings (SSSR count). The van der Waals surface area contributed by atoms with E-state index in [4.69, 9.17) is 0 Å². The molecule has 0 aliphatic carbocycles. The van der Waals surface area contributed by atoms with Crippen LogP contribution in [0.25, 0.3) is 0 Å². The lowest BCUT2D eigenvalue weighted by atomic mass is 10.0. The second-order valence-electron chi connectivity index (χ2n) is 5.52. The van der Waals surface area contributed by atoms with Gasteiger partial charge in [0.25, 0.3) is 10.2 Å². The number of nitrogens with zero attached hydrogens (tertiary/aromatic N) is 2. The van der Waals surface area contributed by atoms with Crippen molar-refractivity contribution in [2.24, 2.45) is 0 Å². The number of fused-ring (bicyclic) bond motifs is 1. The largest absolute Gasteiger partial charge is 0.314 e. The van der Waals surface area contributed by atoms with Gasteiger partial charge in [0.2, 0.25) is 0 Å². The van der Waals surface area contributed by atoms with Crippen molar-refractivity contribution in [1.29, 1.82) is 0 Å². The third kappa shape index (κ3) is 2.48. The first kappa shape index (κ1) is 14.0. The monoisotopic (exact) mass is 295 g/mol. The van der Waals surface area contributed by atoms with Crippen molar-refractivity contribution in [1.82, 2.24) is 13.9 Å². The standard InChI is InChI=1S/C14H21N3O2S/c1-12-10-15-7-9-17(12)20(18,19)16-8-6-13-4-2-3-5-14(13)11-16/h2-5,12,15H,6-11H2,1H3. The normalized spacial score (nSPS) is 25.4. The maximum Gasteiger partial charge on any atom is 0.282 e. The maximum atomic E-state index is 12.8. The summed E-state index contributed by atoms with van der Waals surface area (Å²) in [5.41, 5.74) is 2.40. The fourth-order valence-electron chi connectivity index (χ4n) is 2.98. The molecule has 2 heterocycles. The molecule has 1 aromatic carbocycles. The molecule has 1 aromatic rings. The van der Waals surface area contributed by atoms with Crippen molar-refractivity contribution in [3.63, 3.8) is 0 Å². The fraction of sp³-hybridized carbons (Fsp3) is 0.571. The van der Waals surface area contributed by atoms with Gasteiger partial charge in [-0.15, -0.1) is 0 Å². The van der Waals surface area contributed by atoms with Gasteiger partial charge in [0.05, 0.1) is 0 Å². The molecule has 110 valence electrons. The minimum Gasteiger partial charge on any atom is -0.314 e. The Morgan fingerprint density at radius 2 is 1.95 bits per heavy atom. The molecule has 20 heavy (non-hydrogen) atoms. The number of hydrogen-bond acceptors (Lipinski definition) is 3. The molecular formula is C14H21N3O2S. The van der Waals surface area contributed by atoms with Gasteiger partial charge in [0.1, 0.15) is 0 Å². The second kappa shape index (κ2) is 5.44. The van der Waals surface area contributed by atoms with Crippen molar-refractivity contribution in [3.05, 3.63) is 35.4 Å². The highest BCUT2D eigenvalue weighted by atomic mass is 32.2. The van der Waals surface area contributed by atoms with Crippen molar-refractivity contribution < 1.29 is 8.42 Å². The summed E-state index contributed by atoms with van der Waals surface area (Å²) in [5.74, 6) is 0. The smallest absolute Gasteiger partial charge is 0.282 e. The molecule has 6 heteroatoms. The third-order valence-electron chi connectivity index (χ3n) is 4.16. The van der Waals surface area contributed by atoms with Crippen molar-refractivity contribution in [3.8, 4) is 0 Å². The summed E-state index contributed by atoms with van der Waals surface area (Å²) in [5, 5.41) is 3.23. The molecule has 5 nitrogen and oxygen atoms in total. The summed E-state index contributed by atoms with van der Waals surface area (Å²) in [4.78, 5) is 0. The van der Waals surface area contributed by atoms with Gasteiger partial charge in [-0.05, 0) is 24.5 Å². The first-order valence-corrected chi connectivity index (χ1v) is 8.53.